The molecule has 9 nitrogen and oxygen atoms in total. The zero-order valence-electron chi connectivity index (χ0n) is 22.9. The van der Waals surface area contributed by atoms with E-state index in [9.17, 15) is 4.79 Å². The topological polar surface area (TPSA) is 99.2 Å². The SMILES string of the molecule is COc1ccccc1C(=O)CCCCCNc1nc2cc(-c3nc4ccccc4n3C)ccc2n2c(C)nnc12. The van der Waals surface area contributed by atoms with Gasteiger partial charge in [0.05, 0.1) is 34.7 Å². The zero-order valence-corrected chi connectivity index (χ0v) is 22.9. The van der Waals surface area contributed by atoms with Gasteiger partial charge in [0.15, 0.2) is 11.6 Å². The molecule has 1 N–H and O–H groups in total. The molecule has 0 spiro atoms. The van der Waals surface area contributed by atoms with Gasteiger partial charge in [-0.2, -0.15) is 0 Å². The van der Waals surface area contributed by atoms with Crippen LogP contribution in [0.4, 0.5) is 5.82 Å². The Morgan fingerprint density at radius 2 is 1.73 bits per heavy atom. The number of carbonyl (C=O) groups is 1. The van der Waals surface area contributed by atoms with Crippen LogP contribution in [0.5, 0.6) is 5.75 Å². The lowest BCUT2D eigenvalue weighted by molar-refractivity contribution is 0.0976. The van der Waals surface area contributed by atoms with E-state index in [1.54, 1.807) is 7.11 Å². The number of methoxy groups -OCH3 is 1. The molecule has 0 atom stereocenters. The average Bonchev–Trinajstić information content (AvgIpc) is 3.54. The van der Waals surface area contributed by atoms with Crippen molar-refractivity contribution in [2.24, 2.45) is 7.05 Å². The zero-order chi connectivity index (χ0) is 27.6. The van der Waals surface area contributed by atoms with Crippen LogP contribution >= 0.6 is 0 Å². The van der Waals surface area contributed by atoms with Gasteiger partial charge >= 0.3 is 0 Å². The van der Waals surface area contributed by atoms with E-state index in [0.717, 1.165) is 58.5 Å². The minimum absolute atomic E-state index is 0.110. The number of benzene rings is 3. The molecule has 0 saturated heterocycles. The Morgan fingerprint density at radius 1 is 0.900 bits per heavy atom. The van der Waals surface area contributed by atoms with Crippen LogP contribution in [-0.4, -0.2) is 48.6 Å². The monoisotopic (exact) mass is 533 g/mol. The molecule has 0 amide bonds. The van der Waals surface area contributed by atoms with Crippen molar-refractivity contribution in [2.45, 2.75) is 32.6 Å². The molecule has 0 bridgehead atoms. The van der Waals surface area contributed by atoms with Crippen LogP contribution in [0.1, 0.15) is 41.9 Å². The van der Waals surface area contributed by atoms with E-state index in [1.165, 1.54) is 0 Å². The third kappa shape index (κ3) is 4.64. The van der Waals surface area contributed by atoms with Crippen molar-refractivity contribution in [1.29, 1.82) is 0 Å². The number of ketones is 1. The molecular weight excluding hydrogens is 502 g/mol. The van der Waals surface area contributed by atoms with E-state index in [2.05, 4.69) is 44.3 Å². The third-order valence-electron chi connectivity index (χ3n) is 7.31. The maximum Gasteiger partial charge on any atom is 0.204 e. The lowest BCUT2D eigenvalue weighted by atomic mass is 10.0. The van der Waals surface area contributed by atoms with Gasteiger partial charge in [-0.25, -0.2) is 9.97 Å². The van der Waals surface area contributed by atoms with E-state index in [0.29, 0.717) is 35.7 Å². The molecule has 3 heterocycles. The Morgan fingerprint density at radius 3 is 2.58 bits per heavy atom. The standard InChI is InChI=1S/C31H31N7O2/c1-20-35-36-31-29(32-18-10-4-5-14-27(39)22-11-6-9-15-28(22)40-3)33-24-19-21(16-17-26(24)38(20)31)30-34-23-12-7-8-13-25(23)37(30)2/h6-9,11-13,15-17,19H,4-5,10,14,18H2,1-3H3,(H,32,33). The average molecular weight is 534 g/mol. The summed E-state index contributed by atoms with van der Waals surface area (Å²) in [7, 11) is 3.63. The molecule has 6 rings (SSSR count). The molecule has 9 heteroatoms. The molecule has 3 aromatic carbocycles. The number of para-hydroxylation sites is 3. The van der Waals surface area contributed by atoms with Crippen LogP contribution in [0.2, 0.25) is 0 Å². The quantitative estimate of drug-likeness (QED) is 0.170. The van der Waals surface area contributed by atoms with E-state index in [4.69, 9.17) is 14.7 Å². The molecule has 0 fully saturated rings. The van der Waals surface area contributed by atoms with Crippen molar-refractivity contribution in [2.75, 3.05) is 19.0 Å². The van der Waals surface area contributed by atoms with Gasteiger partial charge in [0.1, 0.15) is 17.4 Å². The van der Waals surface area contributed by atoms with E-state index < -0.39 is 0 Å². The highest BCUT2D eigenvalue weighted by Crippen LogP contribution is 2.28. The Bertz CT molecular complexity index is 1850. The number of hydrogen-bond donors (Lipinski definition) is 1. The van der Waals surface area contributed by atoms with Crippen LogP contribution < -0.4 is 10.1 Å². The smallest absolute Gasteiger partial charge is 0.204 e. The fourth-order valence-corrected chi connectivity index (χ4v) is 5.24. The number of carbonyl (C=O) groups excluding carboxylic acids is 1. The van der Waals surface area contributed by atoms with Gasteiger partial charge in [0.2, 0.25) is 5.65 Å². The van der Waals surface area contributed by atoms with Gasteiger partial charge in [-0.3, -0.25) is 9.20 Å². The second-order valence-corrected chi connectivity index (χ2v) is 9.91. The summed E-state index contributed by atoms with van der Waals surface area (Å²) in [5.41, 5.74) is 6.17. The van der Waals surface area contributed by atoms with Crippen LogP contribution in [0.25, 0.3) is 39.1 Å². The number of hydrogen-bond acceptors (Lipinski definition) is 7. The summed E-state index contributed by atoms with van der Waals surface area (Å²) in [6.45, 7) is 2.66. The van der Waals surface area contributed by atoms with E-state index in [1.807, 2.05) is 60.8 Å². The van der Waals surface area contributed by atoms with Gasteiger partial charge in [0, 0.05) is 25.6 Å². The first-order chi connectivity index (χ1) is 19.5. The molecule has 6 aromatic rings. The molecule has 0 radical (unpaired) electrons. The molecule has 40 heavy (non-hydrogen) atoms. The summed E-state index contributed by atoms with van der Waals surface area (Å²) < 4.78 is 9.47. The van der Waals surface area contributed by atoms with Crippen molar-refractivity contribution in [3.05, 3.63) is 78.1 Å². The van der Waals surface area contributed by atoms with Crippen molar-refractivity contribution >= 4 is 39.3 Å². The molecule has 202 valence electrons. The van der Waals surface area contributed by atoms with Gasteiger partial charge in [-0.05, 0) is 62.2 Å². The molecule has 0 aliphatic heterocycles. The van der Waals surface area contributed by atoms with Crippen molar-refractivity contribution in [3.63, 3.8) is 0 Å². The van der Waals surface area contributed by atoms with Crippen LogP contribution in [-0.2, 0) is 7.05 Å². The molecule has 0 aliphatic carbocycles. The highest BCUT2D eigenvalue weighted by Gasteiger charge is 2.16. The van der Waals surface area contributed by atoms with Crippen LogP contribution in [0.3, 0.4) is 0 Å². The fourth-order valence-electron chi connectivity index (χ4n) is 5.24. The lowest BCUT2D eigenvalue weighted by Crippen LogP contribution is -2.07. The summed E-state index contributed by atoms with van der Waals surface area (Å²) >= 11 is 0. The number of aromatic nitrogens is 6. The largest absolute Gasteiger partial charge is 0.496 e. The maximum atomic E-state index is 12.6. The highest BCUT2D eigenvalue weighted by atomic mass is 16.5. The fraction of sp³-hybridized carbons (Fsp3) is 0.258. The molecule has 0 saturated carbocycles. The Hall–Kier alpha value is -4.79. The normalized spacial score (nSPS) is 11.5. The Balaban J connectivity index is 1.18. The second-order valence-electron chi connectivity index (χ2n) is 9.91. The first kappa shape index (κ1) is 25.5. The Kier molecular flexibility index (Phi) is 6.86. The number of Topliss-reactive ketones (excluding diaryl/α,β-unsaturated/α-hetero) is 1. The number of nitrogens with zero attached hydrogens (tertiary/aromatic N) is 6. The molecule has 0 aliphatic rings. The minimum Gasteiger partial charge on any atom is -0.496 e. The van der Waals surface area contributed by atoms with Gasteiger partial charge in [0.25, 0.3) is 0 Å². The first-order valence-electron chi connectivity index (χ1n) is 13.5. The van der Waals surface area contributed by atoms with Crippen molar-refractivity contribution in [1.82, 2.24) is 29.1 Å². The van der Waals surface area contributed by atoms with E-state index >= 15 is 0 Å². The van der Waals surface area contributed by atoms with Crippen LogP contribution in [0, 0.1) is 6.92 Å². The van der Waals surface area contributed by atoms with Gasteiger partial charge in [-0.15, -0.1) is 10.2 Å². The summed E-state index contributed by atoms with van der Waals surface area (Å²) in [5.74, 6) is 3.13. The number of imidazole rings is 1. The Labute approximate surface area is 231 Å². The van der Waals surface area contributed by atoms with E-state index in [-0.39, 0.29) is 5.78 Å². The van der Waals surface area contributed by atoms with Crippen molar-refractivity contribution < 1.29 is 9.53 Å². The number of ether oxygens (including phenoxy) is 1. The summed E-state index contributed by atoms with van der Waals surface area (Å²) in [5, 5.41) is 12.2. The summed E-state index contributed by atoms with van der Waals surface area (Å²) in [4.78, 5) is 22.4. The van der Waals surface area contributed by atoms with Gasteiger partial charge in [-0.1, -0.05) is 30.7 Å². The van der Waals surface area contributed by atoms with Gasteiger partial charge < -0.3 is 14.6 Å². The number of fused-ring (bicyclic) bond motifs is 4. The maximum absolute atomic E-state index is 12.6. The molecule has 3 aromatic heterocycles. The number of anilines is 1. The number of nitrogens with one attached hydrogen (secondary N) is 1. The predicted octanol–water partition coefficient (Wildman–Crippen LogP) is 6.00. The second kappa shape index (κ2) is 10.8. The number of unbranched alkanes of at least 4 members (excludes halogenated alkanes) is 2. The number of aryl methyl sites for hydroxylation is 2. The lowest BCUT2D eigenvalue weighted by Gasteiger charge is -2.11. The van der Waals surface area contributed by atoms with Crippen molar-refractivity contribution in [3.8, 4) is 17.1 Å². The molecular formula is C31H31N7O2. The van der Waals surface area contributed by atoms with Crippen LogP contribution in [0.15, 0.2) is 66.7 Å². The predicted molar refractivity (Wildman–Crippen MR) is 157 cm³/mol. The first-order valence-corrected chi connectivity index (χ1v) is 13.5. The number of rotatable bonds is 10. The summed E-state index contributed by atoms with van der Waals surface area (Å²) in [6.07, 6.45) is 3.12. The highest BCUT2D eigenvalue weighted by molar-refractivity contribution is 5.98. The molecule has 0 unspecified atom stereocenters. The third-order valence-corrected chi connectivity index (χ3v) is 7.31. The minimum atomic E-state index is 0.110. The summed E-state index contributed by atoms with van der Waals surface area (Å²) in [6, 6.07) is 21.7.